The number of hydrogen-bond acceptors (Lipinski definition) is 0. The van der Waals surface area contributed by atoms with Gasteiger partial charge in [0, 0.05) is 0 Å². The Bertz CT molecular complexity index is 233. The molecule has 0 bridgehead atoms. The lowest BCUT2D eigenvalue weighted by Crippen LogP contribution is -2.06. The standard InChI is InChI=1S/C10H13Cl.Al.3H/c1-8-4-6-9(7-5-8)10(2,3)11;;;;/h4-7H,1-3H3;;;;. The van der Waals surface area contributed by atoms with Crippen LogP contribution in [0, 0.1) is 6.92 Å². The van der Waals surface area contributed by atoms with Crippen molar-refractivity contribution >= 4 is 29.0 Å². The highest BCUT2D eigenvalue weighted by Crippen LogP contribution is 2.27. The molecule has 66 valence electrons. The van der Waals surface area contributed by atoms with E-state index >= 15 is 0 Å². The highest BCUT2D eigenvalue weighted by atomic mass is 35.5. The average molecular weight is 199 g/mol. The predicted molar refractivity (Wildman–Crippen MR) is 60.0 cm³/mol. The number of hydrogen-bond donors (Lipinski definition) is 0. The van der Waals surface area contributed by atoms with Gasteiger partial charge in [-0.25, -0.2) is 0 Å². The third-order valence-electron chi connectivity index (χ3n) is 1.74. The molecule has 0 atom stereocenters. The van der Waals surface area contributed by atoms with E-state index in [1.165, 1.54) is 11.1 Å². The molecule has 0 aliphatic rings. The number of alkyl halides is 1. The Morgan fingerprint density at radius 1 is 1.08 bits per heavy atom. The molecule has 1 aromatic carbocycles. The maximum Gasteiger partial charge on any atom is 0.187 e. The molecule has 0 aliphatic carbocycles. The van der Waals surface area contributed by atoms with E-state index in [0.717, 1.165) is 0 Å². The summed E-state index contributed by atoms with van der Waals surface area (Å²) in [5, 5.41) is 0. The fourth-order valence-electron chi connectivity index (χ4n) is 0.950. The van der Waals surface area contributed by atoms with Crippen LogP contribution in [0.4, 0.5) is 0 Å². The second-order valence-electron chi connectivity index (χ2n) is 3.34. The molecule has 0 amide bonds. The first kappa shape index (κ1) is 12.0. The van der Waals surface area contributed by atoms with Crippen LogP contribution in [-0.2, 0) is 4.87 Å². The van der Waals surface area contributed by atoms with Crippen molar-refractivity contribution in [3.05, 3.63) is 35.4 Å². The largest absolute Gasteiger partial charge is 0.187 e. The third-order valence-corrected chi connectivity index (χ3v) is 1.96. The van der Waals surface area contributed by atoms with Gasteiger partial charge in [0.05, 0.1) is 4.87 Å². The summed E-state index contributed by atoms with van der Waals surface area (Å²) >= 11 is 6.11. The first-order valence-electron chi connectivity index (χ1n) is 3.76. The second kappa shape index (κ2) is 4.33. The first-order valence-corrected chi connectivity index (χ1v) is 4.14. The van der Waals surface area contributed by atoms with Crippen molar-refractivity contribution in [1.82, 2.24) is 0 Å². The topological polar surface area (TPSA) is 0 Å². The van der Waals surface area contributed by atoms with Gasteiger partial charge in [0.25, 0.3) is 0 Å². The molecule has 12 heavy (non-hydrogen) atoms. The van der Waals surface area contributed by atoms with Crippen LogP contribution in [0.3, 0.4) is 0 Å². The number of rotatable bonds is 1. The van der Waals surface area contributed by atoms with Crippen LogP contribution >= 0.6 is 11.6 Å². The highest BCUT2D eigenvalue weighted by molar-refractivity contribution is 6.23. The predicted octanol–water partition coefficient (Wildman–Crippen LogP) is 2.29. The summed E-state index contributed by atoms with van der Waals surface area (Å²) in [6.07, 6.45) is 0. The van der Waals surface area contributed by atoms with Crippen molar-refractivity contribution in [2.45, 2.75) is 25.6 Å². The molecule has 0 aromatic heterocycles. The highest BCUT2D eigenvalue weighted by Gasteiger charge is 2.14. The van der Waals surface area contributed by atoms with Gasteiger partial charge in [-0.15, -0.1) is 11.6 Å². The summed E-state index contributed by atoms with van der Waals surface area (Å²) in [5.74, 6) is 0. The Labute approximate surface area is 90.1 Å². The van der Waals surface area contributed by atoms with E-state index in [1.807, 2.05) is 13.8 Å². The molecule has 0 saturated heterocycles. The lowest BCUT2D eigenvalue weighted by Gasteiger charge is -2.15. The fourth-order valence-corrected chi connectivity index (χ4v) is 1.08. The SMILES string of the molecule is Cc1ccc(C(C)(C)Cl)cc1.[AlH3]. The van der Waals surface area contributed by atoms with Gasteiger partial charge in [-0.2, -0.15) is 0 Å². The molecule has 1 aromatic rings. The summed E-state index contributed by atoms with van der Waals surface area (Å²) in [6, 6.07) is 8.31. The Kier molecular flexibility index (Phi) is 4.34. The van der Waals surface area contributed by atoms with Crippen LogP contribution in [0.5, 0.6) is 0 Å². The summed E-state index contributed by atoms with van der Waals surface area (Å²) in [7, 11) is 0. The molecule has 0 heterocycles. The van der Waals surface area contributed by atoms with Crippen molar-refractivity contribution in [2.24, 2.45) is 0 Å². The van der Waals surface area contributed by atoms with Gasteiger partial charge in [-0.05, 0) is 26.3 Å². The molecule has 0 saturated carbocycles. The molecular weight excluding hydrogens is 183 g/mol. The zero-order valence-electron chi connectivity index (χ0n) is 7.19. The minimum atomic E-state index is -0.242. The summed E-state index contributed by atoms with van der Waals surface area (Å²) in [4.78, 5) is -0.242. The van der Waals surface area contributed by atoms with Crippen molar-refractivity contribution < 1.29 is 0 Å². The lowest BCUT2D eigenvalue weighted by molar-refractivity contribution is 0.766. The van der Waals surface area contributed by atoms with Crippen LogP contribution in [0.25, 0.3) is 0 Å². The number of aryl methyl sites for hydroxylation is 1. The van der Waals surface area contributed by atoms with Crippen molar-refractivity contribution in [3.63, 3.8) is 0 Å². The summed E-state index contributed by atoms with van der Waals surface area (Å²) < 4.78 is 0. The van der Waals surface area contributed by atoms with Crippen LogP contribution in [0.15, 0.2) is 24.3 Å². The smallest absolute Gasteiger partial charge is 0.115 e. The lowest BCUT2D eigenvalue weighted by atomic mass is 10.0. The van der Waals surface area contributed by atoms with Gasteiger partial charge in [0.2, 0.25) is 0 Å². The van der Waals surface area contributed by atoms with E-state index in [-0.39, 0.29) is 22.2 Å². The van der Waals surface area contributed by atoms with E-state index < -0.39 is 0 Å². The normalized spacial score (nSPS) is 10.7. The van der Waals surface area contributed by atoms with E-state index in [1.54, 1.807) is 0 Å². The Balaban J connectivity index is 0.00000121. The Morgan fingerprint density at radius 3 is 1.83 bits per heavy atom. The van der Waals surface area contributed by atoms with Gasteiger partial charge in [0.1, 0.15) is 0 Å². The quantitative estimate of drug-likeness (QED) is 0.480. The van der Waals surface area contributed by atoms with Crippen LogP contribution in [0.2, 0.25) is 0 Å². The Hall–Kier alpha value is 0.0425. The van der Waals surface area contributed by atoms with E-state index in [4.69, 9.17) is 11.6 Å². The molecule has 0 spiro atoms. The minimum Gasteiger partial charge on any atom is -0.115 e. The summed E-state index contributed by atoms with van der Waals surface area (Å²) in [6.45, 7) is 6.07. The zero-order chi connectivity index (χ0) is 8.48. The fraction of sp³-hybridized carbons (Fsp3) is 0.400. The third kappa shape index (κ3) is 3.19. The van der Waals surface area contributed by atoms with Crippen molar-refractivity contribution in [1.29, 1.82) is 0 Å². The van der Waals surface area contributed by atoms with E-state index in [2.05, 4.69) is 31.2 Å². The molecule has 0 unspecified atom stereocenters. The number of benzene rings is 1. The van der Waals surface area contributed by atoms with Crippen molar-refractivity contribution in [3.8, 4) is 0 Å². The molecule has 0 nitrogen and oxygen atoms in total. The Morgan fingerprint density at radius 2 is 1.50 bits per heavy atom. The monoisotopic (exact) mass is 198 g/mol. The molecule has 0 radical (unpaired) electrons. The van der Waals surface area contributed by atoms with Crippen LogP contribution in [0.1, 0.15) is 25.0 Å². The molecule has 2 heteroatoms. The first-order chi connectivity index (χ1) is 5.00. The molecule has 0 N–H and O–H groups in total. The molecule has 0 aliphatic heterocycles. The van der Waals surface area contributed by atoms with E-state index in [9.17, 15) is 0 Å². The van der Waals surface area contributed by atoms with Crippen LogP contribution in [-0.4, -0.2) is 17.4 Å². The minimum absolute atomic E-state index is 0. The maximum absolute atomic E-state index is 6.11. The summed E-state index contributed by atoms with van der Waals surface area (Å²) in [5.41, 5.74) is 2.44. The molecule has 0 fully saturated rings. The molecular formula is C10H16AlCl. The van der Waals surface area contributed by atoms with Gasteiger partial charge < -0.3 is 0 Å². The maximum atomic E-state index is 6.11. The average Bonchev–Trinajstić information content (AvgIpc) is 1.86. The second-order valence-corrected chi connectivity index (χ2v) is 4.28. The van der Waals surface area contributed by atoms with Gasteiger partial charge in [-0.3, -0.25) is 0 Å². The van der Waals surface area contributed by atoms with Gasteiger partial charge in [-0.1, -0.05) is 29.8 Å². The van der Waals surface area contributed by atoms with Gasteiger partial charge >= 0.3 is 0 Å². The van der Waals surface area contributed by atoms with Crippen LogP contribution < -0.4 is 0 Å². The van der Waals surface area contributed by atoms with E-state index in [0.29, 0.717) is 0 Å². The van der Waals surface area contributed by atoms with Gasteiger partial charge in [0.15, 0.2) is 17.4 Å². The zero-order valence-corrected chi connectivity index (χ0v) is 7.94. The number of halogens is 1. The molecule has 1 rings (SSSR count). The van der Waals surface area contributed by atoms with Crippen molar-refractivity contribution in [2.75, 3.05) is 0 Å².